The van der Waals surface area contributed by atoms with Crippen LogP contribution in [-0.4, -0.2) is 27.9 Å². The molecule has 0 aromatic carbocycles. The fourth-order valence-electron chi connectivity index (χ4n) is 2.64. The largest absolute Gasteiger partial charge is 0.457 e. The van der Waals surface area contributed by atoms with Crippen molar-refractivity contribution >= 4 is 23.1 Å². The van der Waals surface area contributed by atoms with Gasteiger partial charge in [-0.3, -0.25) is 14.2 Å². The number of hydrogen-bond donors (Lipinski definition) is 0. The Kier molecular flexibility index (Phi) is 3.87. The van der Waals surface area contributed by atoms with Crippen LogP contribution in [0.4, 0.5) is 0 Å². The third kappa shape index (κ3) is 2.70. The predicted octanol–water partition coefficient (Wildman–Crippen LogP) is 2.93. The van der Waals surface area contributed by atoms with Crippen LogP contribution in [0.25, 0.3) is 5.13 Å². The van der Waals surface area contributed by atoms with E-state index in [1.54, 1.807) is 6.20 Å². The van der Waals surface area contributed by atoms with E-state index in [1.807, 2.05) is 36.8 Å². The SMILES string of the molecule is Cc1cc(C(=O)COC(=O)[C@H]2C[C@H]2C)c(C)n1-c1nccs1. The van der Waals surface area contributed by atoms with Gasteiger partial charge >= 0.3 is 5.97 Å². The second-order valence-electron chi connectivity index (χ2n) is 5.79. The van der Waals surface area contributed by atoms with Gasteiger partial charge < -0.3 is 4.74 Å². The fourth-order valence-corrected chi connectivity index (χ4v) is 3.39. The average molecular weight is 318 g/mol. The number of carbonyl (C=O) groups is 2. The van der Waals surface area contributed by atoms with Crippen molar-refractivity contribution in [3.05, 3.63) is 34.6 Å². The summed E-state index contributed by atoms with van der Waals surface area (Å²) in [4.78, 5) is 28.3. The van der Waals surface area contributed by atoms with Crippen LogP contribution in [0.2, 0.25) is 0 Å². The monoisotopic (exact) mass is 318 g/mol. The predicted molar refractivity (Wildman–Crippen MR) is 83.5 cm³/mol. The van der Waals surface area contributed by atoms with E-state index in [-0.39, 0.29) is 24.3 Å². The number of carbonyl (C=O) groups excluding carboxylic acids is 2. The number of nitrogens with zero attached hydrogens (tertiary/aromatic N) is 2. The molecule has 0 aliphatic heterocycles. The first-order chi connectivity index (χ1) is 10.5. The van der Waals surface area contributed by atoms with Crippen molar-refractivity contribution in [3.8, 4) is 5.13 Å². The van der Waals surface area contributed by atoms with Gasteiger partial charge in [0.2, 0.25) is 5.78 Å². The molecule has 0 unspecified atom stereocenters. The highest BCUT2D eigenvalue weighted by atomic mass is 32.1. The zero-order valence-corrected chi connectivity index (χ0v) is 13.6. The van der Waals surface area contributed by atoms with Crippen molar-refractivity contribution in [1.82, 2.24) is 9.55 Å². The number of hydrogen-bond acceptors (Lipinski definition) is 5. The minimum absolute atomic E-state index is 0.0180. The summed E-state index contributed by atoms with van der Waals surface area (Å²) in [5, 5.41) is 2.73. The second kappa shape index (κ2) is 5.68. The summed E-state index contributed by atoms with van der Waals surface area (Å²) in [7, 11) is 0. The lowest BCUT2D eigenvalue weighted by Crippen LogP contribution is -2.16. The maximum absolute atomic E-state index is 12.3. The van der Waals surface area contributed by atoms with Crippen LogP contribution in [0.1, 0.15) is 35.1 Å². The van der Waals surface area contributed by atoms with Crippen LogP contribution in [0.5, 0.6) is 0 Å². The second-order valence-corrected chi connectivity index (χ2v) is 6.66. The van der Waals surface area contributed by atoms with Crippen LogP contribution < -0.4 is 0 Å². The molecule has 0 amide bonds. The first-order valence-electron chi connectivity index (χ1n) is 7.27. The number of rotatable bonds is 5. The van der Waals surface area contributed by atoms with Crippen molar-refractivity contribution in [3.63, 3.8) is 0 Å². The first-order valence-corrected chi connectivity index (χ1v) is 8.15. The van der Waals surface area contributed by atoms with Gasteiger partial charge in [-0.05, 0) is 32.3 Å². The molecule has 22 heavy (non-hydrogen) atoms. The van der Waals surface area contributed by atoms with Crippen LogP contribution in [0.15, 0.2) is 17.6 Å². The third-order valence-corrected chi connectivity index (χ3v) is 4.86. The van der Waals surface area contributed by atoms with Gasteiger partial charge in [0.25, 0.3) is 0 Å². The molecule has 2 aromatic heterocycles. The molecule has 1 saturated carbocycles. The summed E-state index contributed by atoms with van der Waals surface area (Å²) in [6.45, 7) is 5.63. The lowest BCUT2D eigenvalue weighted by Gasteiger charge is -2.06. The Balaban J connectivity index is 1.73. The van der Waals surface area contributed by atoms with Crippen LogP contribution in [0.3, 0.4) is 0 Å². The minimum atomic E-state index is -0.255. The molecule has 116 valence electrons. The Labute approximate surface area is 132 Å². The average Bonchev–Trinajstić information content (AvgIpc) is 2.87. The van der Waals surface area contributed by atoms with Crippen LogP contribution >= 0.6 is 11.3 Å². The van der Waals surface area contributed by atoms with Gasteiger partial charge in [0.15, 0.2) is 11.7 Å². The number of Topliss-reactive ketones (excluding diaryl/α,β-unsaturated/α-hetero) is 1. The van der Waals surface area contributed by atoms with Crippen molar-refractivity contribution in [2.45, 2.75) is 27.2 Å². The molecule has 0 saturated heterocycles. The standard InChI is InChI=1S/C16H18N2O3S/c1-9-6-12(9)15(20)21-8-14(19)13-7-10(2)18(11(13)3)16-17-4-5-22-16/h4-5,7,9,12H,6,8H2,1-3H3/t9-,12+/m1/s1. The van der Waals surface area contributed by atoms with Gasteiger partial charge in [-0.15, -0.1) is 11.3 Å². The molecule has 0 radical (unpaired) electrons. The van der Waals surface area contributed by atoms with Gasteiger partial charge in [0.1, 0.15) is 0 Å². The zero-order valence-electron chi connectivity index (χ0n) is 12.8. The molecule has 2 atom stereocenters. The highest BCUT2D eigenvalue weighted by molar-refractivity contribution is 7.12. The fraction of sp³-hybridized carbons (Fsp3) is 0.438. The van der Waals surface area contributed by atoms with Crippen molar-refractivity contribution < 1.29 is 14.3 Å². The summed E-state index contributed by atoms with van der Waals surface area (Å²) in [5.74, 6) is -0.0553. The number of ketones is 1. The van der Waals surface area contributed by atoms with E-state index >= 15 is 0 Å². The van der Waals surface area contributed by atoms with E-state index in [4.69, 9.17) is 4.74 Å². The highest BCUT2D eigenvalue weighted by Crippen LogP contribution is 2.38. The topological polar surface area (TPSA) is 61.2 Å². The van der Waals surface area contributed by atoms with E-state index in [0.29, 0.717) is 11.5 Å². The van der Waals surface area contributed by atoms with Gasteiger partial charge in [-0.2, -0.15) is 0 Å². The third-order valence-electron chi connectivity index (χ3n) is 4.10. The van der Waals surface area contributed by atoms with Gasteiger partial charge in [0, 0.05) is 28.5 Å². The summed E-state index contributed by atoms with van der Waals surface area (Å²) in [6, 6.07) is 1.83. The highest BCUT2D eigenvalue weighted by Gasteiger charge is 2.40. The normalized spacial score (nSPS) is 20.0. The number of aromatic nitrogens is 2. The zero-order chi connectivity index (χ0) is 15.9. The lowest BCUT2D eigenvalue weighted by molar-refractivity contribution is -0.144. The Morgan fingerprint density at radius 3 is 2.77 bits per heavy atom. The first kappa shape index (κ1) is 15.0. The Hall–Kier alpha value is -1.95. The molecular formula is C16H18N2O3S. The van der Waals surface area contributed by atoms with Crippen molar-refractivity contribution in [2.75, 3.05) is 6.61 Å². The van der Waals surface area contributed by atoms with E-state index < -0.39 is 0 Å². The Morgan fingerprint density at radius 2 is 2.18 bits per heavy atom. The maximum atomic E-state index is 12.3. The van der Waals surface area contributed by atoms with Gasteiger partial charge in [0.05, 0.1) is 5.92 Å². The van der Waals surface area contributed by atoms with Crippen molar-refractivity contribution in [2.24, 2.45) is 11.8 Å². The number of thiazole rings is 1. The summed E-state index contributed by atoms with van der Waals surface area (Å²) in [5.41, 5.74) is 2.36. The van der Waals surface area contributed by atoms with Crippen molar-refractivity contribution in [1.29, 1.82) is 0 Å². The van der Waals surface area contributed by atoms with Gasteiger partial charge in [-0.1, -0.05) is 6.92 Å². The molecule has 5 nitrogen and oxygen atoms in total. The summed E-state index contributed by atoms with van der Waals surface area (Å²) < 4.78 is 7.08. The molecule has 3 rings (SSSR count). The molecule has 1 aliphatic carbocycles. The Bertz CT molecular complexity index is 718. The minimum Gasteiger partial charge on any atom is -0.457 e. The van der Waals surface area contributed by atoms with E-state index in [1.165, 1.54) is 11.3 Å². The number of aryl methyl sites for hydroxylation is 1. The summed E-state index contributed by atoms with van der Waals surface area (Å²) >= 11 is 1.52. The van der Waals surface area contributed by atoms with E-state index in [0.717, 1.165) is 22.9 Å². The quantitative estimate of drug-likeness (QED) is 0.628. The molecule has 1 fully saturated rings. The number of esters is 1. The molecule has 2 aromatic rings. The maximum Gasteiger partial charge on any atom is 0.309 e. The molecule has 0 spiro atoms. The molecule has 1 aliphatic rings. The number of ether oxygens (including phenoxy) is 1. The van der Waals surface area contributed by atoms with E-state index in [9.17, 15) is 9.59 Å². The molecule has 0 N–H and O–H groups in total. The van der Waals surface area contributed by atoms with Crippen LogP contribution in [-0.2, 0) is 9.53 Å². The van der Waals surface area contributed by atoms with Gasteiger partial charge in [-0.25, -0.2) is 4.98 Å². The van der Waals surface area contributed by atoms with Crippen LogP contribution in [0, 0.1) is 25.7 Å². The molecule has 6 heteroatoms. The Morgan fingerprint density at radius 1 is 1.45 bits per heavy atom. The summed E-state index contributed by atoms with van der Waals surface area (Å²) in [6.07, 6.45) is 2.60. The molecular weight excluding hydrogens is 300 g/mol. The molecule has 2 heterocycles. The smallest absolute Gasteiger partial charge is 0.309 e. The lowest BCUT2D eigenvalue weighted by atomic mass is 10.1. The van der Waals surface area contributed by atoms with E-state index in [2.05, 4.69) is 4.98 Å². The molecule has 0 bridgehead atoms.